The molecule has 32 heavy (non-hydrogen) atoms. The van der Waals surface area contributed by atoms with Crippen LogP contribution in [-0.2, 0) is 17.1 Å². The van der Waals surface area contributed by atoms with Gasteiger partial charge < -0.3 is 4.57 Å². The predicted molar refractivity (Wildman–Crippen MR) is 121 cm³/mol. The zero-order valence-electron chi connectivity index (χ0n) is 17.6. The van der Waals surface area contributed by atoms with Crippen molar-refractivity contribution in [2.24, 2.45) is 18.0 Å². The second-order valence-electron chi connectivity index (χ2n) is 7.88. The Balaban J connectivity index is 1.60. The second-order valence-corrected chi connectivity index (χ2v) is 10.8. The fraction of sp³-hybridized carbons (Fsp3) is 0.333. The third-order valence-corrected chi connectivity index (χ3v) is 8.69. The first kappa shape index (κ1) is 22.3. The highest BCUT2D eigenvalue weighted by Gasteiger charge is 2.28. The number of hydrogen-bond donors (Lipinski definition) is 0. The predicted octanol–water partition coefficient (Wildman–Crippen LogP) is 3.31. The molecule has 168 valence electrons. The van der Waals surface area contributed by atoms with E-state index in [-0.39, 0.29) is 16.1 Å². The average molecular weight is 475 g/mol. The summed E-state index contributed by atoms with van der Waals surface area (Å²) in [5.74, 6) is 0.00169. The maximum absolute atomic E-state index is 12.9. The van der Waals surface area contributed by atoms with Gasteiger partial charge >= 0.3 is 0 Å². The third-order valence-electron chi connectivity index (χ3n) is 5.68. The van der Waals surface area contributed by atoms with Crippen molar-refractivity contribution in [3.8, 4) is 0 Å². The highest BCUT2D eigenvalue weighted by atomic mass is 32.2. The topological polar surface area (TPSA) is 115 Å². The molecule has 0 atom stereocenters. The number of aryl methyl sites for hydroxylation is 1. The lowest BCUT2D eigenvalue weighted by Gasteiger charge is -2.29. The van der Waals surface area contributed by atoms with Gasteiger partial charge in [0.15, 0.2) is 4.80 Å². The Kier molecular flexibility index (Phi) is 5.97. The molecular formula is C21H22N4O5S2. The van der Waals surface area contributed by atoms with Gasteiger partial charge in [-0.3, -0.25) is 14.9 Å². The summed E-state index contributed by atoms with van der Waals surface area (Å²) in [5.41, 5.74) is 0.960. The highest BCUT2D eigenvalue weighted by molar-refractivity contribution is 7.89. The molecule has 9 nitrogen and oxygen atoms in total. The van der Waals surface area contributed by atoms with E-state index in [2.05, 4.69) is 11.9 Å². The van der Waals surface area contributed by atoms with Crippen molar-refractivity contribution in [3.63, 3.8) is 0 Å². The number of nitrogens with zero attached hydrogens (tertiary/aromatic N) is 4. The van der Waals surface area contributed by atoms with Crippen molar-refractivity contribution in [2.45, 2.75) is 24.7 Å². The molecular weight excluding hydrogens is 452 g/mol. The van der Waals surface area contributed by atoms with Gasteiger partial charge in [0.05, 0.1) is 20.0 Å². The van der Waals surface area contributed by atoms with Crippen LogP contribution in [0.3, 0.4) is 0 Å². The van der Waals surface area contributed by atoms with Gasteiger partial charge in [-0.2, -0.15) is 9.30 Å². The van der Waals surface area contributed by atoms with Crippen molar-refractivity contribution in [2.75, 3.05) is 13.1 Å². The van der Waals surface area contributed by atoms with Crippen LogP contribution in [0, 0.1) is 16.0 Å². The molecule has 0 bridgehead atoms. The fourth-order valence-corrected chi connectivity index (χ4v) is 6.16. The molecule has 2 heterocycles. The molecule has 1 fully saturated rings. The number of nitro groups is 1. The number of non-ortho nitro benzene ring substituents is 1. The summed E-state index contributed by atoms with van der Waals surface area (Å²) >= 11 is 1.17. The molecule has 11 heteroatoms. The minimum atomic E-state index is -3.59. The number of carbonyl (C=O) groups is 1. The van der Waals surface area contributed by atoms with Crippen LogP contribution in [-0.4, -0.2) is 41.2 Å². The smallest absolute Gasteiger partial charge is 0.279 e. The summed E-state index contributed by atoms with van der Waals surface area (Å²) in [4.78, 5) is 27.9. The molecule has 1 aromatic heterocycles. The lowest BCUT2D eigenvalue weighted by Crippen LogP contribution is -2.37. The van der Waals surface area contributed by atoms with E-state index in [1.54, 1.807) is 17.7 Å². The molecule has 1 amide bonds. The number of aromatic nitrogens is 1. The van der Waals surface area contributed by atoms with E-state index in [0.29, 0.717) is 28.5 Å². The van der Waals surface area contributed by atoms with Gasteiger partial charge in [-0.25, -0.2) is 8.42 Å². The molecule has 0 spiro atoms. The maximum atomic E-state index is 12.9. The number of piperidine rings is 1. The van der Waals surface area contributed by atoms with Crippen LogP contribution in [0.5, 0.6) is 0 Å². The van der Waals surface area contributed by atoms with Gasteiger partial charge in [0.1, 0.15) is 0 Å². The van der Waals surface area contributed by atoms with Crippen LogP contribution in [0.15, 0.2) is 52.4 Å². The molecule has 4 rings (SSSR count). The van der Waals surface area contributed by atoms with E-state index in [9.17, 15) is 23.3 Å². The van der Waals surface area contributed by atoms with Gasteiger partial charge in [0.25, 0.3) is 11.6 Å². The van der Waals surface area contributed by atoms with Crippen LogP contribution < -0.4 is 4.80 Å². The standard InChI is InChI=1S/C21H22N4O5S2/c1-14-9-11-24(12-10-14)32(29,30)17-6-3-15(4-7-17)20(26)22-21-23(2)18-8-5-16(25(27)28)13-19(18)31-21/h3-8,13-14H,9-12H2,1-2H3. The molecule has 0 saturated carbocycles. The van der Waals surface area contributed by atoms with Crippen molar-refractivity contribution >= 4 is 43.2 Å². The average Bonchev–Trinajstić information content (AvgIpc) is 3.08. The first-order valence-corrected chi connectivity index (χ1v) is 12.4. The lowest BCUT2D eigenvalue weighted by atomic mass is 10.0. The number of fused-ring (bicyclic) bond motifs is 1. The van der Waals surface area contributed by atoms with Crippen LogP contribution in [0.2, 0.25) is 0 Å². The Morgan fingerprint density at radius 2 is 1.81 bits per heavy atom. The van der Waals surface area contributed by atoms with E-state index in [1.807, 2.05) is 0 Å². The number of nitro benzene ring substituents is 1. The summed E-state index contributed by atoms with van der Waals surface area (Å²) in [6.45, 7) is 3.12. The Morgan fingerprint density at radius 1 is 1.16 bits per heavy atom. The number of hydrogen-bond acceptors (Lipinski definition) is 6. The Bertz CT molecular complexity index is 1370. The first-order valence-electron chi connectivity index (χ1n) is 10.1. The molecule has 1 aliphatic rings. The minimum Gasteiger partial charge on any atom is -0.319 e. The minimum absolute atomic E-state index is 0.0304. The summed E-state index contributed by atoms with van der Waals surface area (Å²) in [6.07, 6.45) is 1.67. The number of rotatable bonds is 4. The van der Waals surface area contributed by atoms with Crippen molar-refractivity contribution < 1.29 is 18.1 Å². The first-order chi connectivity index (χ1) is 15.2. The largest absolute Gasteiger partial charge is 0.319 e. The Hall–Kier alpha value is -2.89. The maximum Gasteiger partial charge on any atom is 0.279 e. The van der Waals surface area contributed by atoms with E-state index < -0.39 is 20.9 Å². The molecule has 1 aliphatic heterocycles. The summed E-state index contributed by atoms with van der Waals surface area (Å²) < 4.78 is 29.5. The van der Waals surface area contributed by atoms with Crippen molar-refractivity contribution in [3.05, 3.63) is 62.9 Å². The summed E-state index contributed by atoms with van der Waals surface area (Å²) in [6, 6.07) is 10.3. The zero-order chi connectivity index (χ0) is 23.0. The van der Waals surface area contributed by atoms with Crippen LogP contribution in [0.25, 0.3) is 10.2 Å². The Labute approximate surface area is 188 Å². The monoisotopic (exact) mass is 474 g/mol. The van der Waals surface area contributed by atoms with Gasteiger partial charge in [0, 0.05) is 37.8 Å². The number of thiazole rings is 1. The quantitative estimate of drug-likeness (QED) is 0.425. The van der Waals surface area contributed by atoms with Gasteiger partial charge in [-0.05, 0) is 49.1 Å². The Morgan fingerprint density at radius 3 is 2.44 bits per heavy atom. The van der Waals surface area contributed by atoms with E-state index in [1.165, 1.54) is 52.0 Å². The van der Waals surface area contributed by atoms with E-state index in [0.717, 1.165) is 18.4 Å². The molecule has 0 aliphatic carbocycles. The summed E-state index contributed by atoms with van der Waals surface area (Å²) in [7, 11) is -1.86. The SMILES string of the molecule is CC1CCN(S(=O)(=O)c2ccc(C(=O)N=c3sc4cc([N+](=O)[O-])ccc4n3C)cc2)CC1. The molecule has 0 N–H and O–H groups in total. The van der Waals surface area contributed by atoms with E-state index in [4.69, 9.17) is 0 Å². The van der Waals surface area contributed by atoms with Crippen LogP contribution in [0.4, 0.5) is 5.69 Å². The lowest BCUT2D eigenvalue weighted by molar-refractivity contribution is -0.384. The third kappa shape index (κ3) is 4.23. The molecule has 2 aromatic carbocycles. The van der Waals surface area contributed by atoms with Gasteiger partial charge in [-0.1, -0.05) is 18.3 Å². The summed E-state index contributed by atoms with van der Waals surface area (Å²) in [5, 5.41) is 11.0. The van der Waals surface area contributed by atoms with Gasteiger partial charge in [0.2, 0.25) is 10.0 Å². The van der Waals surface area contributed by atoms with E-state index >= 15 is 0 Å². The molecule has 0 unspecified atom stereocenters. The van der Waals surface area contributed by atoms with Crippen molar-refractivity contribution in [1.29, 1.82) is 0 Å². The second kappa shape index (κ2) is 8.57. The number of amides is 1. The normalized spacial score (nSPS) is 16.5. The number of sulfonamides is 1. The molecule has 0 radical (unpaired) electrons. The molecule has 3 aromatic rings. The molecule has 1 saturated heterocycles. The fourth-order valence-electron chi connectivity index (χ4n) is 3.64. The zero-order valence-corrected chi connectivity index (χ0v) is 19.2. The van der Waals surface area contributed by atoms with Crippen molar-refractivity contribution in [1.82, 2.24) is 8.87 Å². The van der Waals surface area contributed by atoms with Crippen LogP contribution >= 0.6 is 11.3 Å². The number of benzene rings is 2. The van der Waals surface area contributed by atoms with Gasteiger partial charge in [-0.15, -0.1) is 0 Å². The number of carbonyl (C=O) groups excluding carboxylic acids is 1. The van der Waals surface area contributed by atoms with Crippen LogP contribution in [0.1, 0.15) is 30.1 Å². The highest BCUT2D eigenvalue weighted by Crippen LogP contribution is 2.24.